The first-order valence-electron chi connectivity index (χ1n) is 7.99. The molecular weight excluding hydrogens is 314 g/mol. The average Bonchev–Trinajstić information content (AvgIpc) is 2.67. The van der Waals surface area contributed by atoms with Gasteiger partial charge in [-0.25, -0.2) is 9.97 Å². The van der Waals surface area contributed by atoms with Crippen LogP contribution in [-0.2, 0) is 13.1 Å². The summed E-state index contributed by atoms with van der Waals surface area (Å²) in [7, 11) is 0. The van der Waals surface area contributed by atoms with Crippen LogP contribution >= 0.6 is 0 Å². The van der Waals surface area contributed by atoms with E-state index in [1.54, 1.807) is 18.5 Å². The molecule has 1 amide bonds. The maximum Gasteiger partial charge on any atom is 0.270 e. The third kappa shape index (κ3) is 4.84. The fourth-order valence-corrected chi connectivity index (χ4v) is 2.25. The van der Waals surface area contributed by atoms with E-state index >= 15 is 0 Å². The van der Waals surface area contributed by atoms with Crippen molar-refractivity contribution in [2.45, 2.75) is 20.0 Å². The first-order valence-corrected chi connectivity index (χ1v) is 7.99. The zero-order valence-electron chi connectivity index (χ0n) is 13.9. The van der Waals surface area contributed by atoms with Gasteiger partial charge in [0, 0.05) is 31.5 Å². The lowest BCUT2D eigenvalue weighted by Gasteiger charge is -2.08. The summed E-state index contributed by atoms with van der Waals surface area (Å²) >= 11 is 0. The standard InChI is InChI=1S/C19H19N5O/c1-14-2-4-15(5-3-14)12-22-19(25)17-10-18(24-13-23-17)21-11-16-6-8-20-9-7-16/h2-10,13H,11-12H2,1H3,(H,22,25)(H,21,23,24). The van der Waals surface area contributed by atoms with E-state index in [1.807, 2.05) is 43.3 Å². The Morgan fingerprint density at radius 2 is 1.68 bits per heavy atom. The summed E-state index contributed by atoms with van der Waals surface area (Å²) in [5.41, 5.74) is 3.65. The minimum absolute atomic E-state index is 0.227. The molecule has 0 saturated heterocycles. The number of nitrogens with one attached hydrogen (secondary N) is 2. The number of rotatable bonds is 6. The van der Waals surface area contributed by atoms with E-state index in [0.29, 0.717) is 24.6 Å². The second-order valence-electron chi connectivity index (χ2n) is 5.67. The number of nitrogens with zero attached hydrogens (tertiary/aromatic N) is 3. The van der Waals surface area contributed by atoms with Crippen molar-refractivity contribution >= 4 is 11.7 Å². The molecule has 0 aliphatic rings. The van der Waals surface area contributed by atoms with Crippen molar-refractivity contribution in [2.24, 2.45) is 0 Å². The highest BCUT2D eigenvalue weighted by Gasteiger charge is 2.08. The number of amides is 1. The summed E-state index contributed by atoms with van der Waals surface area (Å²) in [5, 5.41) is 6.05. The van der Waals surface area contributed by atoms with Crippen molar-refractivity contribution in [2.75, 3.05) is 5.32 Å². The van der Waals surface area contributed by atoms with Crippen LogP contribution in [0, 0.1) is 6.92 Å². The van der Waals surface area contributed by atoms with Crippen LogP contribution in [0.1, 0.15) is 27.2 Å². The number of aromatic nitrogens is 3. The predicted octanol–water partition coefficient (Wildman–Crippen LogP) is 2.72. The fraction of sp³-hybridized carbons (Fsp3) is 0.158. The number of pyridine rings is 1. The van der Waals surface area contributed by atoms with Gasteiger partial charge in [0.1, 0.15) is 17.8 Å². The minimum atomic E-state index is -0.227. The zero-order valence-corrected chi connectivity index (χ0v) is 13.9. The van der Waals surface area contributed by atoms with E-state index in [-0.39, 0.29) is 5.91 Å². The summed E-state index contributed by atoms with van der Waals surface area (Å²) in [6.45, 7) is 3.09. The summed E-state index contributed by atoms with van der Waals surface area (Å²) in [6, 6.07) is 13.5. The van der Waals surface area contributed by atoms with E-state index in [2.05, 4.69) is 25.6 Å². The van der Waals surface area contributed by atoms with Gasteiger partial charge in [0.15, 0.2) is 0 Å². The number of aryl methyl sites for hydroxylation is 1. The molecule has 0 radical (unpaired) electrons. The molecule has 6 heteroatoms. The number of hydrogen-bond acceptors (Lipinski definition) is 5. The third-order valence-electron chi connectivity index (χ3n) is 3.70. The number of hydrogen-bond donors (Lipinski definition) is 2. The maximum atomic E-state index is 12.3. The van der Waals surface area contributed by atoms with Crippen LogP contribution in [0.5, 0.6) is 0 Å². The molecule has 0 saturated carbocycles. The quantitative estimate of drug-likeness (QED) is 0.725. The molecule has 25 heavy (non-hydrogen) atoms. The molecule has 0 bridgehead atoms. The molecule has 0 fully saturated rings. The Morgan fingerprint density at radius 3 is 2.44 bits per heavy atom. The number of anilines is 1. The monoisotopic (exact) mass is 333 g/mol. The summed E-state index contributed by atoms with van der Waals surface area (Å²) in [6.07, 6.45) is 4.86. The molecule has 0 aliphatic carbocycles. The van der Waals surface area contributed by atoms with Crippen LogP contribution in [0.2, 0.25) is 0 Å². The molecule has 0 atom stereocenters. The van der Waals surface area contributed by atoms with Crippen LogP contribution in [-0.4, -0.2) is 20.9 Å². The van der Waals surface area contributed by atoms with Crippen molar-refractivity contribution in [1.82, 2.24) is 20.3 Å². The molecule has 3 aromatic rings. The Balaban J connectivity index is 1.58. The summed E-state index contributed by atoms with van der Waals surface area (Å²) < 4.78 is 0. The average molecular weight is 333 g/mol. The van der Waals surface area contributed by atoms with Crippen molar-refractivity contribution in [3.05, 3.63) is 83.6 Å². The second-order valence-corrected chi connectivity index (χ2v) is 5.67. The van der Waals surface area contributed by atoms with Gasteiger partial charge in [-0.05, 0) is 30.2 Å². The summed E-state index contributed by atoms with van der Waals surface area (Å²) in [5.74, 6) is 0.377. The number of benzene rings is 1. The molecule has 6 nitrogen and oxygen atoms in total. The van der Waals surface area contributed by atoms with E-state index < -0.39 is 0 Å². The largest absolute Gasteiger partial charge is 0.366 e. The van der Waals surface area contributed by atoms with E-state index in [1.165, 1.54) is 11.9 Å². The predicted molar refractivity (Wildman–Crippen MR) is 95.9 cm³/mol. The molecule has 2 N–H and O–H groups in total. The van der Waals surface area contributed by atoms with Gasteiger partial charge >= 0.3 is 0 Å². The van der Waals surface area contributed by atoms with Gasteiger partial charge in [0.25, 0.3) is 5.91 Å². The molecule has 3 rings (SSSR count). The van der Waals surface area contributed by atoms with Gasteiger partial charge in [-0.15, -0.1) is 0 Å². The maximum absolute atomic E-state index is 12.3. The lowest BCUT2D eigenvalue weighted by Crippen LogP contribution is -2.24. The fourth-order valence-electron chi connectivity index (χ4n) is 2.25. The first kappa shape index (κ1) is 16.6. The molecule has 0 spiro atoms. The second kappa shape index (κ2) is 8.01. The number of carbonyl (C=O) groups is 1. The van der Waals surface area contributed by atoms with Crippen LogP contribution in [0.15, 0.2) is 61.2 Å². The SMILES string of the molecule is Cc1ccc(CNC(=O)c2cc(NCc3ccncc3)ncn2)cc1. The van der Waals surface area contributed by atoms with Crippen LogP contribution in [0.3, 0.4) is 0 Å². The van der Waals surface area contributed by atoms with Crippen molar-refractivity contribution in [3.8, 4) is 0 Å². The number of carbonyl (C=O) groups excluding carboxylic acids is 1. The molecule has 0 unspecified atom stereocenters. The zero-order chi connectivity index (χ0) is 17.5. The van der Waals surface area contributed by atoms with Gasteiger partial charge in [-0.1, -0.05) is 29.8 Å². The van der Waals surface area contributed by atoms with Gasteiger partial charge in [0.05, 0.1) is 0 Å². The highest BCUT2D eigenvalue weighted by Crippen LogP contribution is 2.08. The lowest BCUT2D eigenvalue weighted by molar-refractivity contribution is 0.0946. The lowest BCUT2D eigenvalue weighted by atomic mass is 10.1. The molecule has 2 heterocycles. The van der Waals surface area contributed by atoms with Gasteiger partial charge in [-0.2, -0.15) is 0 Å². The van der Waals surface area contributed by atoms with Crippen molar-refractivity contribution < 1.29 is 4.79 Å². The Hall–Kier alpha value is -3.28. The van der Waals surface area contributed by atoms with Gasteiger partial charge in [0.2, 0.25) is 0 Å². The topological polar surface area (TPSA) is 79.8 Å². The Kier molecular flexibility index (Phi) is 5.31. The highest BCUT2D eigenvalue weighted by molar-refractivity contribution is 5.92. The van der Waals surface area contributed by atoms with Crippen LogP contribution < -0.4 is 10.6 Å². The Bertz CT molecular complexity index is 834. The third-order valence-corrected chi connectivity index (χ3v) is 3.70. The molecule has 2 aromatic heterocycles. The van der Waals surface area contributed by atoms with Crippen molar-refractivity contribution in [3.63, 3.8) is 0 Å². The Labute approximate surface area is 146 Å². The van der Waals surface area contributed by atoms with Crippen LogP contribution in [0.25, 0.3) is 0 Å². The molecular formula is C19H19N5O. The van der Waals surface area contributed by atoms with Crippen LogP contribution in [0.4, 0.5) is 5.82 Å². The first-order chi connectivity index (χ1) is 12.2. The summed E-state index contributed by atoms with van der Waals surface area (Å²) in [4.78, 5) is 24.5. The molecule has 1 aromatic carbocycles. The van der Waals surface area contributed by atoms with Gasteiger partial charge in [-0.3, -0.25) is 9.78 Å². The Morgan fingerprint density at radius 1 is 0.960 bits per heavy atom. The van der Waals surface area contributed by atoms with E-state index in [9.17, 15) is 4.79 Å². The highest BCUT2D eigenvalue weighted by atomic mass is 16.1. The molecule has 0 aliphatic heterocycles. The normalized spacial score (nSPS) is 10.3. The minimum Gasteiger partial charge on any atom is -0.366 e. The van der Waals surface area contributed by atoms with Gasteiger partial charge < -0.3 is 10.6 Å². The molecule has 126 valence electrons. The smallest absolute Gasteiger partial charge is 0.270 e. The van der Waals surface area contributed by atoms with E-state index in [4.69, 9.17) is 0 Å². The van der Waals surface area contributed by atoms with Crippen molar-refractivity contribution in [1.29, 1.82) is 0 Å². The van der Waals surface area contributed by atoms with E-state index in [0.717, 1.165) is 11.1 Å².